The molecule has 0 aliphatic carbocycles. The summed E-state index contributed by atoms with van der Waals surface area (Å²) in [6.45, 7) is 5.30. The Hall–Kier alpha value is -2.06. The Morgan fingerprint density at radius 2 is 1.88 bits per heavy atom. The number of hydrogen-bond acceptors (Lipinski definition) is 3. The van der Waals surface area contributed by atoms with Gasteiger partial charge in [0.15, 0.2) is 0 Å². The molecule has 0 spiro atoms. The zero-order valence-electron chi connectivity index (χ0n) is 14.1. The van der Waals surface area contributed by atoms with E-state index in [2.05, 4.69) is 5.10 Å². The highest BCUT2D eigenvalue weighted by Crippen LogP contribution is 2.21. The highest BCUT2D eigenvalue weighted by Gasteiger charge is 2.30. The second kappa shape index (κ2) is 7.67. The summed E-state index contributed by atoms with van der Waals surface area (Å²) in [5.74, 6) is -1.50. The lowest BCUT2D eigenvalue weighted by Gasteiger charge is -2.23. The van der Waals surface area contributed by atoms with Crippen LogP contribution in [0.3, 0.4) is 0 Å². The normalized spacial score (nSPS) is 11.8. The third-order valence-electron chi connectivity index (χ3n) is 3.45. The third-order valence-corrected chi connectivity index (χ3v) is 3.45. The predicted molar refractivity (Wildman–Crippen MR) is 80.5 cm³/mol. The lowest BCUT2D eigenvalue weighted by atomic mass is 10.1. The van der Waals surface area contributed by atoms with Crippen molar-refractivity contribution in [2.24, 2.45) is 5.92 Å². The number of alkyl halides is 3. The van der Waals surface area contributed by atoms with Gasteiger partial charge in [0.25, 0.3) is 0 Å². The molecule has 1 aromatic heterocycles. The monoisotopic (exact) mass is 349 g/mol. The van der Waals surface area contributed by atoms with Crippen molar-refractivity contribution in [3.63, 3.8) is 0 Å². The second-order valence-corrected chi connectivity index (χ2v) is 6.16. The van der Waals surface area contributed by atoms with Crippen LogP contribution in [0, 0.1) is 19.8 Å². The molecule has 0 aliphatic rings. The molecule has 0 unspecified atom stereocenters. The van der Waals surface area contributed by atoms with Gasteiger partial charge in [-0.1, -0.05) is 13.8 Å². The lowest BCUT2D eigenvalue weighted by Crippen LogP contribution is -2.39. The van der Waals surface area contributed by atoms with Crippen molar-refractivity contribution in [3.8, 4) is 0 Å². The van der Waals surface area contributed by atoms with Crippen molar-refractivity contribution in [2.45, 2.75) is 46.8 Å². The van der Waals surface area contributed by atoms with E-state index in [1.165, 1.54) is 18.7 Å². The fourth-order valence-corrected chi connectivity index (χ4v) is 2.44. The van der Waals surface area contributed by atoms with E-state index in [9.17, 15) is 22.8 Å². The Morgan fingerprint density at radius 1 is 1.29 bits per heavy atom. The summed E-state index contributed by atoms with van der Waals surface area (Å²) in [5.41, 5.74) is 1.01. The number of carboxylic acids is 1. The first-order chi connectivity index (χ1) is 10.9. The molecule has 1 heterocycles. The molecule has 0 saturated carbocycles. The van der Waals surface area contributed by atoms with Gasteiger partial charge in [-0.05, 0) is 19.8 Å². The molecule has 0 atom stereocenters. The summed E-state index contributed by atoms with van der Waals surface area (Å²) in [7, 11) is 0. The number of carbonyl (C=O) groups excluding carboxylic acids is 1. The van der Waals surface area contributed by atoms with Gasteiger partial charge in [-0.25, -0.2) is 0 Å². The smallest absolute Gasteiger partial charge is 0.408 e. The van der Waals surface area contributed by atoms with Gasteiger partial charge in [0, 0.05) is 17.8 Å². The summed E-state index contributed by atoms with van der Waals surface area (Å²) in [5, 5.41) is 12.8. The first-order valence-electron chi connectivity index (χ1n) is 7.50. The minimum absolute atomic E-state index is 0.0726. The van der Waals surface area contributed by atoms with Crippen molar-refractivity contribution in [2.75, 3.05) is 13.1 Å². The van der Waals surface area contributed by atoms with E-state index in [0.29, 0.717) is 11.3 Å². The molecule has 1 aromatic rings. The zero-order valence-corrected chi connectivity index (χ0v) is 14.1. The van der Waals surface area contributed by atoms with Crippen LogP contribution in [-0.4, -0.2) is 50.9 Å². The van der Waals surface area contributed by atoms with Gasteiger partial charge in [-0.3, -0.25) is 14.3 Å². The first kappa shape index (κ1) is 20.0. The van der Waals surface area contributed by atoms with Crippen LogP contribution in [0.25, 0.3) is 0 Å². The van der Waals surface area contributed by atoms with Crippen molar-refractivity contribution < 1.29 is 27.9 Å². The van der Waals surface area contributed by atoms with Gasteiger partial charge in [0.1, 0.15) is 13.1 Å². The van der Waals surface area contributed by atoms with E-state index in [1.54, 1.807) is 0 Å². The van der Waals surface area contributed by atoms with Gasteiger partial charge in [-0.15, -0.1) is 0 Å². The molecule has 0 saturated heterocycles. The summed E-state index contributed by atoms with van der Waals surface area (Å²) >= 11 is 0. The van der Waals surface area contributed by atoms with E-state index in [4.69, 9.17) is 5.11 Å². The maximum absolute atomic E-state index is 12.5. The maximum atomic E-state index is 12.5. The minimum atomic E-state index is -4.41. The number of carbonyl (C=O) groups is 2. The number of carboxylic acid groups (broad SMARTS) is 1. The van der Waals surface area contributed by atoms with Crippen molar-refractivity contribution in [1.82, 2.24) is 14.7 Å². The Balaban J connectivity index is 2.97. The van der Waals surface area contributed by atoms with E-state index in [0.717, 1.165) is 4.68 Å². The molecule has 0 bridgehead atoms. The third kappa shape index (κ3) is 5.86. The molecule has 0 aromatic carbocycles. The first-order valence-corrected chi connectivity index (χ1v) is 7.50. The predicted octanol–water partition coefficient (Wildman–Crippen LogP) is 2.17. The minimum Gasteiger partial charge on any atom is -0.480 e. The quantitative estimate of drug-likeness (QED) is 0.819. The fraction of sp³-hybridized carbons (Fsp3) is 0.667. The van der Waals surface area contributed by atoms with Crippen molar-refractivity contribution in [3.05, 3.63) is 17.0 Å². The Bertz CT molecular complexity index is 609. The van der Waals surface area contributed by atoms with Crippen molar-refractivity contribution in [1.29, 1.82) is 0 Å². The van der Waals surface area contributed by atoms with Gasteiger partial charge in [0.05, 0.1) is 12.1 Å². The van der Waals surface area contributed by atoms with Crippen LogP contribution in [0.4, 0.5) is 13.2 Å². The molecule has 0 aliphatic heterocycles. The highest BCUT2D eigenvalue weighted by atomic mass is 19.4. The molecule has 1 N–H and O–H groups in total. The summed E-state index contributed by atoms with van der Waals surface area (Å²) in [6.07, 6.45) is -4.58. The van der Waals surface area contributed by atoms with Crippen LogP contribution >= 0.6 is 0 Å². The van der Waals surface area contributed by atoms with Crippen molar-refractivity contribution >= 4 is 11.9 Å². The average Bonchev–Trinajstić information content (AvgIpc) is 2.62. The molecule has 0 fully saturated rings. The molecule has 24 heavy (non-hydrogen) atoms. The fourth-order valence-electron chi connectivity index (χ4n) is 2.44. The summed E-state index contributed by atoms with van der Waals surface area (Å²) in [4.78, 5) is 24.5. The number of hydrogen-bond donors (Lipinski definition) is 1. The van der Waals surface area contributed by atoms with Crippen LogP contribution in [0.1, 0.15) is 30.8 Å². The maximum Gasteiger partial charge on any atom is 0.408 e. The van der Waals surface area contributed by atoms with Crippen LogP contribution in [0.2, 0.25) is 0 Å². The molecular formula is C15H22F3N3O3. The molecule has 9 heteroatoms. The number of amides is 1. The number of aryl methyl sites for hydroxylation is 1. The lowest BCUT2D eigenvalue weighted by molar-refractivity contribution is -0.144. The highest BCUT2D eigenvalue weighted by molar-refractivity contribution is 5.83. The second-order valence-electron chi connectivity index (χ2n) is 6.16. The molecule has 136 valence electrons. The van der Waals surface area contributed by atoms with E-state index in [1.807, 2.05) is 13.8 Å². The molecule has 1 amide bonds. The van der Waals surface area contributed by atoms with E-state index in [-0.39, 0.29) is 24.6 Å². The Morgan fingerprint density at radius 3 is 2.33 bits per heavy atom. The SMILES string of the molecule is Cc1nn(CC(F)(F)F)c(C)c1CC(=O)N(CC(=O)O)CC(C)C. The Kier molecular flexibility index (Phi) is 6.39. The largest absolute Gasteiger partial charge is 0.480 e. The summed E-state index contributed by atoms with van der Waals surface area (Å²) < 4.78 is 38.4. The number of nitrogens with zero attached hydrogens (tertiary/aromatic N) is 3. The molecular weight excluding hydrogens is 327 g/mol. The van der Waals surface area contributed by atoms with Gasteiger partial charge in [0.2, 0.25) is 5.91 Å². The van der Waals surface area contributed by atoms with Gasteiger partial charge >= 0.3 is 12.1 Å². The van der Waals surface area contributed by atoms with Gasteiger partial charge in [-0.2, -0.15) is 18.3 Å². The number of aromatic nitrogens is 2. The molecule has 6 nitrogen and oxygen atoms in total. The van der Waals surface area contributed by atoms with E-state index < -0.39 is 31.1 Å². The van der Waals surface area contributed by atoms with Crippen LogP contribution in [-0.2, 0) is 22.6 Å². The Labute approximate surface area is 138 Å². The van der Waals surface area contributed by atoms with Crippen LogP contribution < -0.4 is 0 Å². The van der Waals surface area contributed by atoms with E-state index >= 15 is 0 Å². The van der Waals surface area contributed by atoms with Gasteiger partial charge < -0.3 is 10.0 Å². The topological polar surface area (TPSA) is 75.4 Å². The zero-order chi connectivity index (χ0) is 18.7. The molecule has 1 rings (SSSR count). The standard InChI is InChI=1S/C15H22F3N3O3/c1-9(2)6-20(7-14(23)24)13(22)5-12-10(3)19-21(11(12)4)8-15(16,17)18/h9H,5-8H2,1-4H3,(H,23,24). The number of aliphatic carboxylic acids is 1. The molecule has 0 radical (unpaired) electrons. The number of rotatable bonds is 7. The van der Waals surface area contributed by atoms with Crippen LogP contribution in [0.5, 0.6) is 0 Å². The summed E-state index contributed by atoms with van der Waals surface area (Å²) in [6, 6.07) is 0. The average molecular weight is 349 g/mol. The van der Waals surface area contributed by atoms with Crippen LogP contribution in [0.15, 0.2) is 0 Å². The number of halogens is 3.